The van der Waals surface area contributed by atoms with Gasteiger partial charge in [-0.15, -0.1) is 0 Å². The highest BCUT2D eigenvalue weighted by molar-refractivity contribution is 5.95. The van der Waals surface area contributed by atoms with Gasteiger partial charge in [-0.1, -0.05) is 13.0 Å². The molecule has 0 aromatic heterocycles. The maximum absolute atomic E-state index is 11.7. The van der Waals surface area contributed by atoms with Gasteiger partial charge in [-0.2, -0.15) is 0 Å². The third-order valence-corrected chi connectivity index (χ3v) is 5.20. The molecule has 0 saturated carbocycles. The van der Waals surface area contributed by atoms with Gasteiger partial charge in [-0.05, 0) is 36.4 Å². The standard InChI is InChI=1S/C23H30N2O4/c1-3-23(27)18-7-9-21(10-8-18)29-17-20(26)16-24-11-13-25(14-12-24)19-5-4-6-22(15-19)28-2/h4-10,15,20,26H,3,11-14,16-17H2,1-2H3. The number of hydrogen-bond donors (Lipinski definition) is 1. The first-order valence-electron chi connectivity index (χ1n) is 10.1. The van der Waals surface area contributed by atoms with Crippen molar-refractivity contribution in [3.63, 3.8) is 0 Å². The van der Waals surface area contributed by atoms with Crippen LogP contribution in [0.15, 0.2) is 48.5 Å². The first kappa shape index (κ1) is 21.1. The quantitative estimate of drug-likeness (QED) is 0.656. The molecule has 29 heavy (non-hydrogen) atoms. The molecule has 1 fully saturated rings. The van der Waals surface area contributed by atoms with Crippen LogP contribution in [0.5, 0.6) is 11.5 Å². The highest BCUT2D eigenvalue weighted by atomic mass is 16.5. The number of anilines is 1. The number of ketones is 1. The predicted molar refractivity (Wildman–Crippen MR) is 114 cm³/mol. The lowest BCUT2D eigenvalue weighted by molar-refractivity contribution is 0.0663. The summed E-state index contributed by atoms with van der Waals surface area (Å²) in [5, 5.41) is 10.3. The highest BCUT2D eigenvalue weighted by Gasteiger charge is 2.20. The molecule has 1 aliphatic heterocycles. The minimum atomic E-state index is -0.560. The van der Waals surface area contributed by atoms with Gasteiger partial charge in [-0.3, -0.25) is 9.69 Å². The average Bonchev–Trinajstić information content (AvgIpc) is 2.78. The molecule has 6 heteroatoms. The van der Waals surface area contributed by atoms with Gasteiger partial charge in [0.05, 0.1) is 7.11 Å². The number of Topliss-reactive ketones (excluding diaryl/α,β-unsaturated/α-hetero) is 1. The fourth-order valence-electron chi connectivity index (χ4n) is 3.48. The van der Waals surface area contributed by atoms with E-state index in [4.69, 9.17) is 9.47 Å². The second kappa shape index (κ2) is 10.3. The van der Waals surface area contributed by atoms with Gasteiger partial charge in [0, 0.05) is 56.5 Å². The largest absolute Gasteiger partial charge is 0.497 e. The van der Waals surface area contributed by atoms with Crippen LogP contribution in [0.3, 0.4) is 0 Å². The Labute approximate surface area is 172 Å². The second-order valence-electron chi connectivity index (χ2n) is 7.26. The van der Waals surface area contributed by atoms with Crippen LogP contribution < -0.4 is 14.4 Å². The normalized spacial score (nSPS) is 15.8. The van der Waals surface area contributed by atoms with Crippen molar-refractivity contribution < 1.29 is 19.4 Å². The summed E-state index contributed by atoms with van der Waals surface area (Å²) in [7, 11) is 1.68. The zero-order valence-corrected chi connectivity index (χ0v) is 17.2. The topological polar surface area (TPSA) is 62.2 Å². The zero-order chi connectivity index (χ0) is 20.6. The molecule has 0 amide bonds. The van der Waals surface area contributed by atoms with E-state index < -0.39 is 6.10 Å². The van der Waals surface area contributed by atoms with Crippen molar-refractivity contribution >= 4 is 11.5 Å². The number of hydrogen-bond acceptors (Lipinski definition) is 6. The number of β-amino-alcohol motifs (C(OH)–C–C–N with tert-alkyl or cyclic N) is 1. The van der Waals surface area contributed by atoms with E-state index >= 15 is 0 Å². The molecule has 1 atom stereocenters. The maximum atomic E-state index is 11.7. The number of carbonyl (C=O) groups excluding carboxylic acids is 1. The first-order valence-corrected chi connectivity index (χ1v) is 10.1. The fraction of sp³-hybridized carbons (Fsp3) is 0.435. The molecule has 1 heterocycles. The minimum absolute atomic E-state index is 0.115. The third kappa shape index (κ3) is 5.95. The van der Waals surface area contributed by atoms with E-state index in [1.165, 1.54) is 0 Å². The maximum Gasteiger partial charge on any atom is 0.162 e. The molecule has 1 N–H and O–H groups in total. The molecule has 1 saturated heterocycles. The van der Waals surface area contributed by atoms with Crippen molar-refractivity contribution in [1.82, 2.24) is 4.90 Å². The fourth-order valence-corrected chi connectivity index (χ4v) is 3.48. The van der Waals surface area contributed by atoms with Crippen molar-refractivity contribution in [1.29, 1.82) is 0 Å². The van der Waals surface area contributed by atoms with E-state index in [2.05, 4.69) is 21.9 Å². The molecule has 156 valence electrons. The molecule has 1 aliphatic rings. The summed E-state index contributed by atoms with van der Waals surface area (Å²) in [6, 6.07) is 15.2. The summed E-state index contributed by atoms with van der Waals surface area (Å²) in [6.07, 6.45) is -0.0698. The monoisotopic (exact) mass is 398 g/mol. The lowest BCUT2D eigenvalue weighted by Crippen LogP contribution is -2.49. The summed E-state index contributed by atoms with van der Waals surface area (Å²) in [6.45, 7) is 6.26. The van der Waals surface area contributed by atoms with Gasteiger partial charge in [-0.25, -0.2) is 0 Å². The van der Waals surface area contributed by atoms with E-state index in [9.17, 15) is 9.90 Å². The Morgan fingerprint density at radius 2 is 1.79 bits per heavy atom. The van der Waals surface area contributed by atoms with Crippen LogP contribution in [0.25, 0.3) is 0 Å². The van der Waals surface area contributed by atoms with Gasteiger partial charge in [0.25, 0.3) is 0 Å². The van der Waals surface area contributed by atoms with Crippen molar-refractivity contribution in [3.05, 3.63) is 54.1 Å². The Bertz CT molecular complexity index is 786. The molecule has 6 nitrogen and oxygen atoms in total. The van der Waals surface area contributed by atoms with Crippen LogP contribution in [0, 0.1) is 0 Å². The summed E-state index contributed by atoms with van der Waals surface area (Å²) < 4.78 is 11.0. The van der Waals surface area contributed by atoms with Crippen LogP contribution in [-0.2, 0) is 0 Å². The number of rotatable bonds is 9. The van der Waals surface area contributed by atoms with Crippen molar-refractivity contribution in [2.24, 2.45) is 0 Å². The molecule has 0 radical (unpaired) electrons. The van der Waals surface area contributed by atoms with Crippen molar-refractivity contribution in [2.75, 3.05) is 51.3 Å². The molecular weight excluding hydrogens is 368 g/mol. The third-order valence-electron chi connectivity index (χ3n) is 5.20. The number of ether oxygens (including phenoxy) is 2. The van der Waals surface area contributed by atoms with Crippen molar-refractivity contribution in [3.8, 4) is 11.5 Å². The van der Waals surface area contributed by atoms with E-state index in [0.29, 0.717) is 24.3 Å². The Hall–Kier alpha value is -2.57. The first-order chi connectivity index (χ1) is 14.1. The molecule has 0 aliphatic carbocycles. The Balaban J connectivity index is 1.41. The summed E-state index contributed by atoms with van der Waals surface area (Å²) in [4.78, 5) is 16.3. The average molecular weight is 399 g/mol. The number of carbonyl (C=O) groups is 1. The number of methoxy groups -OCH3 is 1. The van der Waals surface area contributed by atoms with Gasteiger partial charge in [0.2, 0.25) is 0 Å². The van der Waals surface area contributed by atoms with Crippen LogP contribution in [0.1, 0.15) is 23.7 Å². The zero-order valence-electron chi connectivity index (χ0n) is 17.2. The van der Waals surface area contributed by atoms with Crippen LogP contribution >= 0.6 is 0 Å². The Morgan fingerprint density at radius 1 is 1.07 bits per heavy atom. The number of benzene rings is 2. The van der Waals surface area contributed by atoms with Crippen LogP contribution in [0.2, 0.25) is 0 Å². The molecule has 3 rings (SSSR count). The minimum Gasteiger partial charge on any atom is -0.497 e. The van der Waals surface area contributed by atoms with E-state index in [1.807, 2.05) is 19.1 Å². The number of aliphatic hydroxyl groups excluding tert-OH is 1. The highest BCUT2D eigenvalue weighted by Crippen LogP contribution is 2.22. The molecule has 2 aromatic carbocycles. The summed E-state index contributed by atoms with van der Waals surface area (Å²) in [5.74, 6) is 1.65. The Kier molecular flexibility index (Phi) is 7.49. The molecule has 0 spiro atoms. The predicted octanol–water partition coefficient (Wildman–Crippen LogP) is 2.85. The summed E-state index contributed by atoms with van der Waals surface area (Å²) >= 11 is 0. The Morgan fingerprint density at radius 3 is 2.45 bits per heavy atom. The van der Waals surface area contributed by atoms with E-state index in [0.717, 1.165) is 37.6 Å². The van der Waals surface area contributed by atoms with Gasteiger partial charge < -0.3 is 19.5 Å². The number of piperazine rings is 1. The number of aliphatic hydroxyl groups is 1. The van der Waals surface area contributed by atoms with E-state index in [-0.39, 0.29) is 12.4 Å². The molecule has 0 bridgehead atoms. The lowest BCUT2D eigenvalue weighted by Gasteiger charge is -2.37. The summed E-state index contributed by atoms with van der Waals surface area (Å²) in [5.41, 5.74) is 1.85. The van der Waals surface area contributed by atoms with Crippen molar-refractivity contribution in [2.45, 2.75) is 19.4 Å². The van der Waals surface area contributed by atoms with Gasteiger partial charge in [0.1, 0.15) is 24.2 Å². The van der Waals surface area contributed by atoms with Crippen LogP contribution in [0.4, 0.5) is 5.69 Å². The van der Waals surface area contributed by atoms with Gasteiger partial charge >= 0.3 is 0 Å². The lowest BCUT2D eigenvalue weighted by atomic mass is 10.1. The SMILES string of the molecule is CCC(=O)c1ccc(OCC(O)CN2CCN(c3cccc(OC)c3)CC2)cc1. The molecular formula is C23H30N2O4. The van der Waals surface area contributed by atoms with E-state index in [1.54, 1.807) is 31.4 Å². The van der Waals surface area contributed by atoms with Crippen LogP contribution in [-0.4, -0.2) is 68.3 Å². The molecule has 1 unspecified atom stereocenters. The number of nitrogens with zero attached hydrogens (tertiary/aromatic N) is 2. The smallest absolute Gasteiger partial charge is 0.162 e. The molecule has 2 aromatic rings. The second-order valence-corrected chi connectivity index (χ2v) is 7.26. The van der Waals surface area contributed by atoms with Gasteiger partial charge in [0.15, 0.2) is 5.78 Å².